The number of benzene rings is 2. The van der Waals surface area contributed by atoms with E-state index in [2.05, 4.69) is 15.6 Å². The van der Waals surface area contributed by atoms with E-state index in [0.717, 1.165) is 11.1 Å². The minimum absolute atomic E-state index is 0.118. The first-order valence-electron chi connectivity index (χ1n) is 11.6. The standard InChI is InChI=1S/C25H25ClN6O4S/c1-27-25(34)29-17-6-3-15(4-7-17)22-28-12-20-23(30-22)31-9-10-36-14-21(31)24(33)32(20)13-16-5-8-18(37(2)35)11-19(16)26/h3-8,11-12,21H,9-10,13-14H2,1-2H3,(H2,27,29,34). The van der Waals surface area contributed by atoms with Crippen molar-refractivity contribution in [3.63, 3.8) is 0 Å². The highest BCUT2D eigenvalue weighted by molar-refractivity contribution is 7.84. The highest BCUT2D eigenvalue weighted by atomic mass is 35.5. The van der Waals surface area contributed by atoms with Gasteiger partial charge in [0.25, 0.3) is 5.91 Å². The quantitative estimate of drug-likeness (QED) is 0.511. The van der Waals surface area contributed by atoms with Crippen LogP contribution in [0.25, 0.3) is 11.4 Å². The summed E-state index contributed by atoms with van der Waals surface area (Å²) in [6.45, 7) is 1.49. The SMILES string of the molecule is CNC(=O)Nc1ccc(-c2ncc3c(n2)N2CCOCC2C(=O)N3Cc2ccc(S(C)=O)cc2Cl)cc1. The van der Waals surface area contributed by atoms with E-state index in [9.17, 15) is 13.8 Å². The molecule has 3 aromatic rings. The number of carbonyl (C=O) groups excluding carboxylic acids is 2. The summed E-state index contributed by atoms with van der Waals surface area (Å²) >= 11 is 6.49. The number of fused-ring (bicyclic) bond motifs is 3. The topological polar surface area (TPSA) is 117 Å². The van der Waals surface area contributed by atoms with Crippen LogP contribution >= 0.6 is 11.6 Å². The van der Waals surface area contributed by atoms with E-state index in [1.54, 1.807) is 54.7 Å². The average molecular weight is 541 g/mol. The van der Waals surface area contributed by atoms with Gasteiger partial charge in [-0.3, -0.25) is 9.00 Å². The molecule has 1 aromatic heterocycles. The van der Waals surface area contributed by atoms with Crippen LogP contribution in [-0.2, 0) is 26.9 Å². The van der Waals surface area contributed by atoms with E-state index in [4.69, 9.17) is 21.3 Å². The number of nitrogens with zero attached hydrogens (tertiary/aromatic N) is 4. The van der Waals surface area contributed by atoms with Crippen LogP contribution in [0.1, 0.15) is 5.56 Å². The molecular formula is C25H25ClN6O4S. The zero-order chi connectivity index (χ0) is 26.1. The van der Waals surface area contributed by atoms with Crippen molar-refractivity contribution in [3.8, 4) is 11.4 Å². The molecule has 0 spiro atoms. The van der Waals surface area contributed by atoms with Gasteiger partial charge in [-0.2, -0.15) is 0 Å². The maximum absolute atomic E-state index is 13.5. The van der Waals surface area contributed by atoms with Crippen LogP contribution in [0.4, 0.5) is 22.0 Å². The highest BCUT2D eigenvalue weighted by Crippen LogP contribution is 2.38. The van der Waals surface area contributed by atoms with Crippen molar-refractivity contribution in [2.75, 3.05) is 48.2 Å². The van der Waals surface area contributed by atoms with E-state index in [1.807, 2.05) is 17.0 Å². The Hall–Kier alpha value is -3.54. The first-order chi connectivity index (χ1) is 17.9. The molecule has 10 nitrogen and oxygen atoms in total. The van der Waals surface area contributed by atoms with E-state index in [0.29, 0.717) is 46.1 Å². The Bertz CT molecular complexity index is 1390. The third kappa shape index (κ3) is 5.02. The van der Waals surface area contributed by atoms with E-state index in [1.165, 1.54) is 0 Å². The Labute approximate surface area is 221 Å². The first kappa shape index (κ1) is 25.1. The molecule has 2 aromatic carbocycles. The number of aromatic nitrogens is 2. The van der Waals surface area contributed by atoms with Gasteiger partial charge in [-0.05, 0) is 42.0 Å². The molecule has 2 unspecified atom stereocenters. The van der Waals surface area contributed by atoms with E-state index in [-0.39, 0.29) is 25.1 Å². The molecule has 3 heterocycles. The third-order valence-electron chi connectivity index (χ3n) is 6.31. The predicted molar refractivity (Wildman–Crippen MR) is 142 cm³/mol. The van der Waals surface area contributed by atoms with Crippen LogP contribution < -0.4 is 20.4 Å². The number of ether oxygens (including phenoxy) is 1. The molecule has 12 heteroatoms. The van der Waals surface area contributed by atoms with Crippen molar-refractivity contribution >= 4 is 51.5 Å². The molecule has 5 rings (SSSR count). The van der Waals surface area contributed by atoms with Crippen LogP contribution in [0, 0.1) is 0 Å². The summed E-state index contributed by atoms with van der Waals surface area (Å²) in [6, 6.07) is 11.6. The molecule has 2 aliphatic heterocycles. The largest absolute Gasteiger partial charge is 0.377 e. The van der Waals surface area contributed by atoms with E-state index >= 15 is 0 Å². The fourth-order valence-corrected chi connectivity index (χ4v) is 5.18. The molecule has 192 valence electrons. The first-order valence-corrected chi connectivity index (χ1v) is 13.5. The predicted octanol–water partition coefficient (Wildman–Crippen LogP) is 3.04. The molecule has 0 aliphatic carbocycles. The number of hydrogen-bond donors (Lipinski definition) is 2. The average Bonchev–Trinajstić information content (AvgIpc) is 2.91. The maximum atomic E-state index is 13.5. The molecule has 3 amide bonds. The Morgan fingerprint density at radius 3 is 2.73 bits per heavy atom. The lowest BCUT2D eigenvalue weighted by Gasteiger charge is -2.44. The fourth-order valence-electron chi connectivity index (χ4n) is 4.33. The van der Waals surface area contributed by atoms with Gasteiger partial charge in [0.15, 0.2) is 11.6 Å². The van der Waals surface area contributed by atoms with Crippen LogP contribution in [0.2, 0.25) is 5.02 Å². The molecule has 2 atom stereocenters. The van der Waals surface area contributed by atoms with Crippen LogP contribution in [0.5, 0.6) is 0 Å². The second-order valence-electron chi connectivity index (χ2n) is 8.60. The fraction of sp³-hybridized carbons (Fsp3) is 0.280. The number of urea groups is 1. The lowest BCUT2D eigenvalue weighted by molar-refractivity contribution is -0.122. The van der Waals surface area contributed by atoms with Gasteiger partial charge in [0.2, 0.25) is 0 Å². The zero-order valence-corrected chi connectivity index (χ0v) is 21.8. The van der Waals surface area contributed by atoms with Crippen LogP contribution in [-0.4, -0.2) is 65.2 Å². The number of halogens is 1. The molecular weight excluding hydrogens is 516 g/mol. The van der Waals surface area contributed by atoms with Gasteiger partial charge in [0.05, 0.1) is 26.0 Å². The number of anilines is 3. The maximum Gasteiger partial charge on any atom is 0.318 e. The Morgan fingerprint density at radius 1 is 1.24 bits per heavy atom. The minimum atomic E-state index is -1.16. The summed E-state index contributed by atoms with van der Waals surface area (Å²) in [4.78, 5) is 38.7. The van der Waals surface area contributed by atoms with Crippen molar-refractivity contribution < 1.29 is 18.5 Å². The van der Waals surface area contributed by atoms with Gasteiger partial charge in [0.1, 0.15) is 11.7 Å². The van der Waals surface area contributed by atoms with Crippen molar-refractivity contribution in [2.24, 2.45) is 0 Å². The summed E-state index contributed by atoms with van der Waals surface area (Å²) in [5, 5.41) is 5.67. The van der Waals surface area contributed by atoms with Gasteiger partial charge in [-0.25, -0.2) is 14.8 Å². The second-order valence-corrected chi connectivity index (χ2v) is 10.4. The highest BCUT2D eigenvalue weighted by Gasteiger charge is 2.41. The Kier molecular flexibility index (Phi) is 7.09. The number of rotatable bonds is 5. The van der Waals surface area contributed by atoms with Gasteiger partial charge in [0, 0.05) is 51.8 Å². The summed E-state index contributed by atoms with van der Waals surface area (Å²) in [7, 11) is 0.388. The normalized spacial score (nSPS) is 17.6. The molecule has 2 aliphatic rings. The Morgan fingerprint density at radius 2 is 2.03 bits per heavy atom. The summed E-state index contributed by atoms with van der Waals surface area (Å²) in [5.41, 5.74) is 2.72. The molecule has 1 saturated heterocycles. The van der Waals surface area contributed by atoms with Crippen molar-refractivity contribution in [2.45, 2.75) is 17.5 Å². The monoisotopic (exact) mass is 540 g/mol. The third-order valence-corrected chi connectivity index (χ3v) is 7.58. The lowest BCUT2D eigenvalue weighted by Crippen LogP contribution is -2.59. The number of amides is 3. The summed E-state index contributed by atoms with van der Waals surface area (Å²) in [5.74, 6) is 1.03. The number of carbonyl (C=O) groups is 2. The number of morpholine rings is 1. The molecule has 37 heavy (non-hydrogen) atoms. The summed E-state index contributed by atoms with van der Waals surface area (Å²) < 4.78 is 17.5. The Balaban J connectivity index is 1.50. The van der Waals surface area contributed by atoms with Crippen molar-refractivity contribution in [1.82, 2.24) is 15.3 Å². The molecule has 0 radical (unpaired) electrons. The summed E-state index contributed by atoms with van der Waals surface area (Å²) in [6.07, 6.45) is 3.25. The van der Waals surface area contributed by atoms with Crippen molar-refractivity contribution in [1.29, 1.82) is 0 Å². The van der Waals surface area contributed by atoms with Crippen LogP contribution in [0.3, 0.4) is 0 Å². The van der Waals surface area contributed by atoms with Gasteiger partial charge < -0.3 is 25.2 Å². The molecule has 0 bridgehead atoms. The van der Waals surface area contributed by atoms with Gasteiger partial charge in [-0.1, -0.05) is 17.7 Å². The smallest absolute Gasteiger partial charge is 0.318 e. The minimum Gasteiger partial charge on any atom is -0.377 e. The lowest BCUT2D eigenvalue weighted by atomic mass is 10.1. The van der Waals surface area contributed by atoms with Gasteiger partial charge in [-0.15, -0.1) is 0 Å². The second kappa shape index (κ2) is 10.4. The van der Waals surface area contributed by atoms with Crippen LogP contribution in [0.15, 0.2) is 53.6 Å². The van der Waals surface area contributed by atoms with Crippen molar-refractivity contribution in [3.05, 3.63) is 59.2 Å². The number of hydrogen-bond acceptors (Lipinski definition) is 7. The molecule has 0 saturated carbocycles. The molecule has 1 fully saturated rings. The molecule has 2 N–H and O–H groups in total. The zero-order valence-electron chi connectivity index (χ0n) is 20.2. The van der Waals surface area contributed by atoms with Gasteiger partial charge >= 0.3 is 6.03 Å². The van der Waals surface area contributed by atoms with E-state index < -0.39 is 16.8 Å². The number of nitrogens with one attached hydrogen (secondary N) is 2.